The maximum absolute atomic E-state index is 13.4. The van der Waals surface area contributed by atoms with Crippen LogP contribution in [-0.2, 0) is 16.0 Å². The Bertz CT molecular complexity index is 1250. The third-order valence-corrected chi connectivity index (χ3v) is 7.75. The first-order chi connectivity index (χ1) is 18.0. The first kappa shape index (κ1) is 25.1. The standard InChI is InChI=1S/C27H26BN3O5S/c1-17-24(37-26(28)29-17)16-34-21-9-7-19(8-10-21)22(23-11-12-36-30-23)14-25(32)31-20(15-35-27(31)33)13-18-5-3-2-4-6-18/h2-12,17,20,22,24H,13-16H2,1H3/t17?,20-,22-,24?/m0/s1. The van der Waals surface area contributed by atoms with Crippen molar-refractivity contribution in [3.8, 4) is 5.75 Å². The van der Waals surface area contributed by atoms with Crippen LogP contribution in [-0.4, -0.2) is 65.4 Å². The highest BCUT2D eigenvalue weighted by atomic mass is 32.2. The molecule has 1 fully saturated rings. The monoisotopic (exact) mass is 515 g/mol. The van der Waals surface area contributed by atoms with Gasteiger partial charge in [-0.3, -0.25) is 9.79 Å². The predicted molar refractivity (Wildman–Crippen MR) is 141 cm³/mol. The summed E-state index contributed by atoms with van der Waals surface area (Å²) in [5.41, 5.74) is 2.50. The average Bonchev–Trinajstić information content (AvgIpc) is 3.63. The molecule has 2 aliphatic heterocycles. The molecule has 2 aliphatic rings. The third-order valence-electron chi connectivity index (χ3n) is 6.58. The Morgan fingerprint density at radius 2 is 1.97 bits per heavy atom. The zero-order chi connectivity index (χ0) is 25.8. The molecule has 2 aromatic carbocycles. The van der Waals surface area contributed by atoms with E-state index in [1.165, 1.54) is 22.9 Å². The number of carbonyl (C=O) groups is 2. The number of ether oxygens (including phenoxy) is 2. The molecular formula is C27H26BN3O5S. The van der Waals surface area contributed by atoms with Crippen LogP contribution >= 0.6 is 11.8 Å². The summed E-state index contributed by atoms with van der Waals surface area (Å²) in [5, 5.41) is 4.25. The lowest BCUT2D eigenvalue weighted by molar-refractivity contribution is -0.129. The number of rotatable bonds is 9. The molecule has 0 N–H and O–H groups in total. The van der Waals surface area contributed by atoms with Crippen LogP contribution < -0.4 is 4.74 Å². The van der Waals surface area contributed by atoms with E-state index in [0.717, 1.165) is 11.1 Å². The summed E-state index contributed by atoms with van der Waals surface area (Å²) in [7, 11) is 5.81. The second-order valence-corrected chi connectivity index (χ2v) is 10.4. The van der Waals surface area contributed by atoms with Crippen LogP contribution in [0.15, 0.2) is 76.4 Å². The van der Waals surface area contributed by atoms with Crippen LogP contribution in [0, 0.1) is 0 Å². The number of imide groups is 1. The van der Waals surface area contributed by atoms with Crippen molar-refractivity contribution in [3.63, 3.8) is 0 Å². The largest absolute Gasteiger partial charge is 0.492 e. The van der Waals surface area contributed by atoms with Gasteiger partial charge in [0.05, 0.1) is 23.0 Å². The third kappa shape index (κ3) is 5.90. The molecule has 1 saturated heterocycles. The van der Waals surface area contributed by atoms with Crippen molar-refractivity contribution in [1.82, 2.24) is 10.1 Å². The van der Waals surface area contributed by atoms with Crippen LogP contribution in [0.1, 0.15) is 36.1 Å². The molecule has 1 aromatic heterocycles. The number of carbonyl (C=O) groups excluding carboxylic acids is 2. The van der Waals surface area contributed by atoms with Crippen molar-refractivity contribution in [2.45, 2.75) is 43.0 Å². The van der Waals surface area contributed by atoms with E-state index in [1.54, 1.807) is 6.07 Å². The number of benzene rings is 2. The number of nitrogens with zero attached hydrogens (tertiary/aromatic N) is 3. The minimum absolute atomic E-state index is 0.0416. The van der Waals surface area contributed by atoms with E-state index in [2.05, 4.69) is 10.1 Å². The van der Waals surface area contributed by atoms with Gasteiger partial charge in [-0.05, 0) is 36.6 Å². The SMILES string of the molecule is [B]C1=NC(C)C(COc2ccc([C@H](CC(=O)N3C(=O)OC[C@@H]3Cc3ccccc3)c3ccon3)cc2)S1. The van der Waals surface area contributed by atoms with Crippen LogP contribution in [0.3, 0.4) is 0 Å². The highest BCUT2D eigenvalue weighted by Crippen LogP contribution is 2.31. The molecule has 37 heavy (non-hydrogen) atoms. The van der Waals surface area contributed by atoms with Gasteiger partial charge in [0.2, 0.25) is 5.91 Å². The Hall–Kier alpha value is -3.53. The van der Waals surface area contributed by atoms with Gasteiger partial charge in [0.1, 0.15) is 25.2 Å². The molecule has 0 bridgehead atoms. The highest BCUT2D eigenvalue weighted by Gasteiger charge is 2.39. The molecule has 0 spiro atoms. The van der Waals surface area contributed by atoms with E-state index < -0.39 is 12.0 Å². The smallest absolute Gasteiger partial charge is 0.416 e. The molecule has 2 unspecified atom stereocenters. The van der Waals surface area contributed by atoms with Crippen molar-refractivity contribution < 1.29 is 23.6 Å². The second-order valence-electron chi connectivity index (χ2n) is 9.11. The summed E-state index contributed by atoms with van der Waals surface area (Å²) in [6.45, 7) is 2.68. The fourth-order valence-electron chi connectivity index (χ4n) is 4.59. The lowest BCUT2D eigenvalue weighted by Gasteiger charge is -2.22. The zero-order valence-corrected chi connectivity index (χ0v) is 21.2. The normalized spacial score (nSPS) is 22.0. The molecule has 0 saturated carbocycles. The van der Waals surface area contributed by atoms with Crippen molar-refractivity contribution in [2.24, 2.45) is 4.99 Å². The molecule has 8 nitrogen and oxygen atoms in total. The average molecular weight is 515 g/mol. The molecule has 4 atom stereocenters. The van der Waals surface area contributed by atoms with Gasteiger partial charge >= 0.3 is 6.09 Å². The van der Waals surface area contributed by atoms with Crippen molar-refractivity contribution in [2.75, 3.05) is 13.2 Å². The van der Waals surface area contributed by atoms with E-state index in [9.17, 15) is 9.59 Å². The molecule has 0 aliphatic carbocycles. The summed E-state index contributed by atoms with van der Waals surface area (Å²) in [6.07, 6.45) is 1.44. The Balaban J connectivity index is 1.28. The van der Waals surface area contributed by atoms with Gasteiger partial charge in [-0.25, -0.2) is 9.69 Å². The Labute approximate surface area is 220 Å². The Morgan fingerprint density at radius 1 is 1.19 bits per heavy atom. The molecule has 5 rings (SSSR count). The van der Waals surface area contributed by atoms with E-state index in [4.69, 9.17) is 21.8 Å². The van der Waals surface area contributed by atoms with Crippen molar-refractivity contribution >= 4 is 36.6 Å². The maximum atomic E-state index is 13.4. The first-order valence-electron chi connectivity index (χ1n) is 12.1. The zero-order valence-electron chi connectivity index (χ0n) is 20.4. The predicted octanol–water partition coefficient (Wildman–Crippen LogP) is 4.19. The topological polar surface area (TPSA) is 94.2 Å². The van der Waals surface area contributed by atoms with E-state index in [-0.39, 0.29) is 36.3 Å². The minimum Gasteiger partial charge on any atom is -0.492 e. The number of hydrogen-bond donors (Lipinski definition) is 0. The molecule has 2 amide bonds. The summed E-state index contributed by atoms with van der Waals surface area (Å²) in [5.74, 6) is -0.00966. The van der Waals surface area contributed by atoms with Crippen LogP contribution in [0.25, 0.3) is 0 Å². The van der Waals surface area contributed by atoms with Gasteiger partial charge < -0.3 is 14.0 Å². The van der Waals surface area contributed by atoms with E-state index in [1.807, 2.05) is 61.5 Å². The number of aliphatic imine (C=N–C) groups is 1. The quantitative estimate of drug-likeness (QED) is 0.395. The van der Waals surface area contributed by atoms with Gasteiger partial charge in [0.25, 0.3) is 0 Å². The van der Waals surface area contributed by atoms with Crippen molar-refractivity contribution in [1.29, 1.82) is 0 Å². The molecular weight excluding hydrogens is 489 g/mol. The fraction of sp³-hybridized carbons (Fsp3) is 0.333. The minimum atomic E-state index is -0.614. The number of cyclic esters (lactones) is 1. The summed E-state index contributed by atoms with van der Waals surface area (Å²) < 4.78 is 16.3. The molecule has 3 heterocycles. The fourth-order valence-corrected chi connectivity index (χ4v) is 5.52. The number of thioether (sulfide) groups is 1. The van der Waals surface area contributed by atoms with Gasteiger partial charge in [-0.15, -0.1) is 11.8 Å². The first-order valence-corrected chi connectivity index (χ1v) is 13.0. The Morgan fingerprint density at radius 3 is 2.65 bits per heavy atom. The molecule has 188 valence electrons. The molecule has 3 aromatic rings. The van der Waals surface area contributed by atoms with E-state index in [0.29, 0.717) is 29.4 Å². The molecule has 10 heteroatoms. The Kier molecular flexibility index (Phi) is 7.64. The van der Waals surface area contributed by atoms with E-state index >= 15 is 0 Å². The maximum Gasteiger partial charge on any atom is 0.416 e. The number of aromatic nitrogens is 1. The summed E-state index contributed by atoms with van der Waals surface area (Å²) in [4.78, 5) is 32.1. The van der Waals surface area contributed by atoms with Crippen LogP contribution in [0.4, 0.5) is 4.79 Å². The van der Waals surface area contributed by atoms with Crippen LogP contribution in [0.5, 0.6) is 5.75 Å². The lowest BCUT2D eigenvalue weighted by atomic mass is 9.91. The number of hydrogen-bond acceptors (Lipinski definition) is 8. The summed E-state index contributed by atoms with van der Waals surface area (Å²) in [6, 6.07) is 18.8. The summed E-state index contributed by atoms with van der Waals surface area (Å²) >= 11 is 1.52. The molecule has 2 radical (unpaired) electrons. The van der Waals surface area contributed by atoms with Gasteiger partial charge in [-0.1, -0.05) is 47.6 Å². The highest BCUT2D eigenvalue weighted by molar-refractivity contribution is 8.17. The van der Waals surface area contributed by atoms with Crippen molar-refractivity contribution in [3.05, 3.63) is 83.7 Å². The van der Waals surface area contributed by atoms with Gasteiger partial charge in [-0.2, -0.15) is 0 Å². The number of amides is 2. The lowest BCUT2D eigenvalue weighted by Crippen LogP contribution is -2.40. The van der Waals surface area contributed by atoms with Gasteiger partial charge in [0, 0.05) is 23.3 Å². The second kappa shape index (κ2) is 11.3. The van der Waals surface area contributed by atoms with Crippen LogP contribution in [0.2, 0.25) is 0 Å². The van der Waals surface area contributed by atoms with Gasteiger partial charge in [0.15, 0.2) is 7.85 Å².